The van der Waals surface area contributed by atoms with Crippen LogP contribution in [0.3, 0.4) is 0 Å². The maximum absolute atomic E-state index is 12.2. The van der Waals surface area contributed by atoms with Gasteiger partial charge < -0.3 is 9.64 Å². The molecule has 0 aromatic carbocycles. The number of nitrogens with zero attached hydrogens (tertiary/aromatic N) is 3. The summed E-state index contributed by atoms with van der Waals surface area (Å²) in [5, 5.41) is 1.99. The van der Waals surface area contributed by atoms with Crippen LogP contribution < -0.4 is 4.74 Å². The van der Waals surface area contributed by atoms with Crippen molar-refractivity contribution in [2.45, 2.75) is 18.9 Å². The molecule has 21 heavy (non-hydrogen) atoms. The van der Waals surface area contributed by atoms with Crippen molar-refractivity contribution in [1.29, 1.82) is 0 Å². The van der Waals surface area contributed by atoms with E-state index in [-0.39, 0.29) is 12.0 Å². The molecule has 1 atom stereocenters. The van der Waals surface area contributed by atoms with Crippen LogP contribution >= 0.6 is 27.3 Å². The van der Waals surface area contributed by atoms with Gasteiger partial charge in [0.25, 0.3) is 0 Å². The van der Waals surface area contributed by atoms with Gasteiger partial charge in [0.15, 0.2) is 0 Å². The largest absolute Gasteiger partial charge is 0.458 e. The predicted molar refractivity (Wildman–Crippen MR) is 83.4 cm³/mol. The summed E-state index contributed by atoms with van der Waals surface area (Å²) in [6.07, 6.45) is 4.56. The number of amides is 1. The standard InChI is InChI=1S/C14H14BrN3O2S/c15-10-7-16-14(17-8-10)20-11-3-4-18(9-11)13(19)6-12-2-1-5-21-12/h1-2,5,7-8,11H,3-4,6,9H2/t11-/m1/s1. The topological polar surface area (TPSA) is 55.3 Å². The van der Waals surface area contributed by atoms with Gasteiger partial charge in [0, 0.05) is 30.2 Å². The minimum atomic E-state index is -0.0292. The smallest absolute Gasteiger partial charge is 0.316 e. The highest BCUT2D eigenvalue weighted by Crippen LogP contribution is 2.18. The van der Waals surface area contributed by atoms with Crippen molar-refractivity contribution < 1.29 is 9.53 Å². The zero-order valence-electron chi connectivity index (χ0n) is 11.2. The molecule has 0 bridgehead atoms. The normalized spacial score (nSPS) is 18.0. The van der Waals surface area contributed by atoms with Gasteiger partial charge in [-0.3, -0.25) is 4.79 Å². The zero-order valence-corrected chi connectivity index (χ0v) is 13.6. The lowest BCUT2D eigenvalue weighted by Gasteiger charge is -2.16. The fourth-order valence-corrected chi connectivity index (χ4v) is 3.14. The van der Waals surface area contributed by atoms with Crippen LogP contribution in [0, 0.1) is 0 Å². The summed E-state index contributed by atoms with van der Waals surface area (Å²) in [5.41, 5.74) is 0. The Morgan fingerprint density at radius 3 is 3.00 bits per heavy atom. The van der Waals surface area contributed by atoms with E-state index in [2.05, 4.69) is 25.9 Å². The third-order valence-corrected chi connectivity index (χ3v) is 4.56. The Morgan fingerprint density at radius 1 is 1.48 bits per heavy atom. The molecule has 1 amide bonds. The molecule has 1 saturated heterocycles. The van der Waals surface area contributed by atoms with Crippen molar-refractivity contribution in [3.05, 3.63) is 39.3 Å². The average Bonchev–Trinajstić information content (AvgIpc) is 3.13. The van der Waals surface area contributed by atoms with Crippen molar-refractivity contribution in [2.75, 3.05) is 13.1 Å². The van der Waals surface area contributed by atoms with Crippen molar-refractivity contribution in [3.63, 3.8) is 0 Å². The maximum atomic E-state index is 12.2. The molecule has 5 nitrogen and oxygen atoms in total. The molecule has 0 radical (unpaired) electrons. The van der Waals surface area contributed by atoms with E-state index in [4.69, 9.17) is 4.74 Å². The first-order valence-electron chi connectivity index (χ1n) is 6.65. The number of ether oxygens (including phenoxy) is 1. The van der Waals surface area contributed by atoms with Crippen LogP contribution in [0.25, 0.3) is 0 Å². The molecule has 1 aliphatic heterocycles. The second-order valence-corrected chi connectivity index (χ2v) is 6.76. The first-order valence-corrected chi connectivity index (χ1v) is 8.32. The number of carbonyl (C=O) groups is 1. The Hall–Kier alpha value is -1.47. The Morgan fingerprint density at radius 2 is 2.29 bits per heavy atom. The number of aromatic nitrogens is 2. The summed E-state index contributed by atoms with van der Waals surface area (Å²) in [4.78, 5) is 23.3. The average molecular weight is 368 g/mol. The van der Waals surface area contributed by atoms with Crippen LogP contribution in [-0.4, -0.2) is 40.0 Å². The second kappa shape index (κ2) is 6.53. The maximum Gasteiger partial charge on any atom is 0.316 e. The summed E-state index contributed by atoms with van der Waals surface area (Å²) < 4.78 is 6.53. The van der Waals surface area contributed by atoms with E-state index in [1.807, 2.05) is 22.4 Å². The lowest BCUT2D eigenvalue weighted by molar-refractivity contribution is -0.129. The number of halogens is 1. The lowest BCUT2D eigenvalue weighted by Crippen LogP contribution is -2.32. The van der Waals surface area contributed by atoms with Gasteiger partial charge in [0.2, 0.25) is 5.91 Å². The van der Waals surface area contributed by atoms with Gasteiger partial charge in [-0.25, -0.2) is 9.97 Å². The highest BCUT2D eigenvalue weighted by atomic mass is 79.9. The predicted octanol–water partition coefficient (Wildman–Crippen LogP) is 2.52. The fourth-order valence-electron chi connectivity index (χ4n) is 2.24. The van der Waals surface area contributed by atoms with E-state index in [0.29, 0.717) is 19.0 Å². The van der Waals surface area contributed by atoms with Crippen molar-refractivity contribution in [1.82, 2.24) is 14.9 Å². The Balaban J connectivity index is 1.53. The molecular formula is C14H14BrN3O2S. The summed E-state index contributed by atoms with van der Waals surface area (Å²) >= 11 is 4.89. The monoisotopic (exact) mass is 367 g/mol. The molecule has 0 spiro atoms. The van der Waals surface area contributed by atoms with Gasteiger partial charge in [-0.05, 0) is 27.4 Å². The minimum absolute atomic E-state index is 0.0292. The highest BCUT2D eigenvalue weighted by Gasteiger charge is 2.28. The fraction of sp³-hybridized carbons (Fsp3) is 0.357. The second-order valence-electron chi connectivity index (χ2n) is 4.81. The molecule has 2 aromatic rings. The van der Waals surface area contributed by atoms with Crippen molar-refractivity contribution >= 4 is 33.2 Å². The van der Waals surface area contributed by atoms with E-state index in [0.717, 1.165) is 22.3 Å². The van der Waals surface area contributed by atoms with Crippen LogP contribution in [0.4, 0.5) is 0 Å². The van der Waals surface area contributed by atoms with E-state index in [1.165, 1.54) is 0 Å². The minimum Gasteiger partial charge on any atom is -0.458 e. The van der Waals surface area contributed by atoms with Crippen molar-refractivity contribution in [2.24, 2.45) is 0 Å². The van der Waals surface area contributed by atoms with Crippen LogP contribution in [0.2, 0.25) is 0 Å². The van der Waals surface area contributed by atoms with Gasteiger partial charge in [0.1, 0.15) is 6.10 Å². The van der Waals surface area contributed by atoms with Crippen LogP contribution in [-0.2, 0) is 11.2 Å². The molecule has 110 valence electrons. The van der Waals surface area contributed by atoms with Gasteiger partial charge >= 0.3 is 6.01 Å². The summed E-state index contributed by atoms with van der Waals surface area (Å²) in [5.74, 6) is 0.153. The van der Waals surface area contributed by atoms with Gasteiger partial charge in [0.05, 0.1) is 17.4 Å². The van der Waals surface area contributed by atoms with E-state index in [1.54, 1.807) is 23.7 Å². The molecule has 0 unspecified atom stereocenters. The van der Waals surface area contributed by atoms with E-state index < -0.39 is 0 Å². The van der Waals surface area contributed by atoms with Gasteiger partial charge in [-0.2, -0.15) is 0 Å². The Labute approximate surface area is 135 Å². The molecule has 3 rings (SSSR count). The zero-order chi connectivity index (χ0) is 14.7. The number of likely N-dealkylation sites (tertiary alicyclic amines) is 1. The molecule has 1 aliphatic rings. The molecule has 1 fully saturated rings. The lowest BCUT2D eigenvalue weighted by atomic mass is 10.3. The van der Waals surface area contributed by atoms with Crippen molar-refractivity contribution in [3.8, 4) is 6.01 Å². The molecule has 0 aliphatic carbocycles. The molecule has 0 saturated carbocycles. The molecule has 3 heterocycles. The Kier molecular flexibility index (Phi) is 4.50. The molecule has 0 N–H and O–H groups in total. The van der Waals surface area contributed by atoms with Crippen LogP contribution in [0.5, 0.6) is 6.01 Å². The first-order chi connectivity index (χ1) is 10.2. The number of rotatable bonds is 4. The van der Waals surface area contributed by atoms with Crippen LogP contribution in [0.15, 0.2) is 34.4 Å². The Bertz CT molecular complexity index is 603. The number of hydrogen-bond acceptors (Lipinski definition) is 5. The molecule has 7 heteroatoms. The van der Waals surface area contributed by atoms with E-state index >= 15 is 0 Å². The summed E-state index contributed by atoms with van der Waals surface area (Å²) in [7, 11) is 0. The number of hydrogen-bond donors (Lipinski definition) is 0. The third kappa shape index (κ3) is 3.79. The molecular weight excluding hydrogens is 354 g/mol. The summed E-state index contributed by atoms with van der Waals surface area (Å²) in [6.45, 7) is 1.33. The highest BCUT2D eigenvalue weighted by molar-refractivity contribution is 9.10. The summed E-state index contributed by atoms with van der Waals surface area (Å²) in [6, 6.07) is 4.31. The quantitative estimate of drug-likeness (QED) is 0.832. The molecule has 2 aromatic heterocycles. The van der Waals surface area contributed by atoms with Gasteiger partial charge in [-0.1, -0.05) is 6.07 Å². The number of carbonyl (C=O) groups excluding carboxylic acids is 1. The first kappa shape index (κ1) is 14.5. The third-order valence-electron chi connectivity index (χ3n) is 3.27. The SMILES string of the molecule is O=C(Cc1cccs1)N1CC[C@@H](Oc2ncc(Br)cn2)C1. The van der Waals surface area contributed by atoms with E-state index in [9.17, 15) is 4.79 Å². The number of thiophene rings is 1. The van der Waals surface area contributed by atoms with Gasteiger partial charge in [-0.15, -0.1) is 11.3 Å². The van der Waals surface area contributed by atoms with Crippen LogP contribution in [0.1, 0.15) is 11.3 Å².